The van der Waals surface area contributed by atoms with E-state index in [2.05, 4.69) is 5.32 Å². The average molecular weight is 298 g/mol. The van der Waals surface area contributed by atoms with Crippen LogP contribution in [0.4, 0.5) is 5.69 Å². The fourth-order valence-electron chi connectivity index (χ4n) is 1.66. The lowest BCUT2D eigenvalue weighted by atomic mass is 10.2. The van der Waals surface area contributed by atoms with Crippen molar-refractivity contribution in [3.05, 3.63) is 29.8 Å². The summed E-state index contributed by atoms with van der Waals surface area (Å²) in [5, 5.41) is 2.59. The quantitative estimate of drug-likeness (QED) is 0.799. The van der Waals surface area contributed by atoms with E-state index in [1.54, 1.807) is 18.2 Å². The molecule has 1 rings (SSSR count). The molecule has 1 amide bonds. The molecule has 3 N–H and O–H groups in total. The van der Waals surface area contributed by atoms with Gasteiger partial charge in [0, 0.05) is 12.2 Å². The minimum Gasteiger partial charge on any atom is -0.326 e. The monoisotopic (exact) mass is 298 g/mol. The molecular weight excluding hydrogens is 276 g/mol. The number of nitrogens with two attached hydrogens (primary N) is 1. The van der Waals surface area contributed by atoms with Crippen LogP contribution in [0.15, 0.2) is 24.3 Å². The number of carbonyl (C=O) groups is 1. The number of sulfone groups is 1. The third-order valence-electron chi connectivity index (χ3n) is 2.80. The number of nitrogens with one attached hydrogen (secondary N) is 1. The summed E-state index contributed by atoms with van der Waals surface area (Å²) < 4.78 is 23.6. The van der Waals surface area contributed by atoms with Gasteiger partial charge in [0.2, 0.25) is 5.91 Å². The molecule has 0 radical (unpaired) electrons. The summed E-state index contributed by atoms with van der Waals surface area (Å²) in [4.78, 5) is 11.8. The lowest BCUT2D eigenvalue weighted by Crippen LogP contribution is -2.25. The predicted molar refractivity (Wildman–Crippen MR) is 81.1 cm³/mol. The third kappa shape index (κ3) is 6.16. The van der Waals surface area contributed by atoms with E-state index >= 15 is 0 Å². The summed E-state index contributed by atoms with van der Waals surface area (Å²) in [6.07, 6.45) is 0.568. The first-order valence-corrected chi connectivity index (χ1v) is 8.44. The topological polar surface area (TPSA) is 89.3 Å². The molecule has 0 aliphatic heterocycles. The smallest absolute Gasteiger partial charge is 0.239 e. The number of carbonyl (C=O) groups excluding carboxylic acids is 1. The second-order valence-electron chi connectivity index (χ2n) is 5.23. The van der Waals surface area contributed by atoms with Gasteiger partial charge in [-0.2, -0.15) is 0 Å². The van der Waals surface area contributed by atoms with Gasteiger partial charge in [-0.1, -0.05) is 26.0 Å². The molecule has 0 bridgehead atoms. The summed E-state index contributed by atoms with van der Waals surface area (Å²) in [7, 11) is -3.35. The highest BCUT2D eigenvalue weighted by molar-refractivity contribution is 7.92. The van der Waals surface area contributed by atoms with E-state index in [1.165, 1.54) is 0 Å². The van der Waals surface area contributed by atoms with Crippen LogP contribution in [0, 0.1) is 5.92 Å². The molecule has 0 unspecified atom stereocenters. The lowest BCUT2D eigenvalue weighted by Gasteiger charge is -2.08. The van der Waals surface area contributed by atoms with Crippen molar-refractivity contribution in [2.24, 2.45) is 11.7 Å². The standard InChI is InChI=1S/C14H22N2O3S/c1-11(2)6-7-20(18,19)10-14(17)16-13-5-3-4-12(8-13)9-15/h3-5,8,11H,6-7,9-10,15H2,1-2H3,(H,16,17). The van der Waals surface area contributed by atoms with Gasteiger partial charge in [0.1, 0.15) is 5.75 Å². The van der Waals surface area contributed by atoms with E-state index in [-0.39, 0.29) is 5.75 Å². The Morgan fingerprint density at radius 2 is 2.05 bits per heavy atom. The van der Waals surface area contributed by atoms with Crippen molar-refractivity contribution in [2.45, 2.75) is 26.8 Å². The molecule has 0 atom stereocenters. The third-order valence-corrected chi connectivity index (χ3v) is 4.36. The molecule has 0 aliphatic rings. The van der Waals surface area contributed by atoms with Crippen LogP contribution in [0.1, 0.15) is 25.8 Å². The highest BCUT2D eigenvalue weighted by atomic mass is 32.2. The van der Waals surface area contributed by atoms with Crippen molar-refractivity contribution in [1.82, 2.24) is 0 Å². The van der Waals surface area contributed by atoms with Gasteiger partial charge in [0.05, 0.1) is 5.75 Å². The number of benzene rings is 1. The Bertz CT molecular complexity index is 553. The Labute approximate surface area is 120 Å². The summed E-state index contributed by atoms with van der Waals surface area (Å²) in [5.74, 6) is -0.648. The Kier molecular flexibility index (Phi) is 6.16. The molecule has 0 saturated heterocycles. The first-order chi connectivity index (χ1) is 9.32. The maximum Gasteiger partial charge on any atom is 0.239 e. The number of rotatable bonds is 7. The van der Waals surface area contributed by atoms with Gasteiger partial charge in [0.25, 0.3) is 0 Å². The molecule has 20 heavy (non-hydrogen) atoms. The van der Waals surface area contributed by atoms with Crippen LogP contribution in [0.3, 0.4) is 0 Å². The molecule has 112 valence electrons. The second kappa shape index (κ2) is 7.40. The van der Waals surface area contributed by atoms with Crippen LogP contribution in [0.2, 0.25) is 0 Å². The maximum absolute atomic E-state index is 11.8. The van der Waals surface area contributed by atoms with Crippen LogP contribution >= 0.6 is 0 Å². The number of anilines is 1. The molecule has 0 spiro atoms. The van der Waals surface area contributed by atoms with Gasteiger partial charge in [-0.15, -0.1) is 0 Å². The van der Waals surface area contributed by atoms with Crippen LogP contribution in [-0.2, 0) is 21.2 Å². The predicted octanol–water partition coefficient (Wildman–Crippen LogP) is 1.54. The largest absolute Gasteiger partial charge is 0.326 e. The van der Waals surface area contributed by atoms with E-state index in [0.717, 1.165) is 5.56 Å². The SMILES string of the molecule is CC(C)CCS(=O)(=O)CC(=O)Nc1cccc(CN)c1. The molecule has 1 aromatic rings. The van der Waals surface area contributed by atoms with E-state index in [9.17, 15) is 13.2 Å². The van der Waals surface area contributed by atoms with Crippen LogP contribution < -0.4 is 11.1 Å². The van der Waals surface area contributed by atoms with Crippen LogP contribution in [0.5, 0.6) is 0 Å². The van der Waals surface area contributed by atoms with E-state index in [1.807, 2.05) is 19.9 Å². The number of hydrogen-bond acceptors (Lipinski definition) is 4. The number of hydrogen-bond donors (Lipinski definition) is 2. The van der Waals surface area contributed by atoms with Gasteiger partial charge < -0.3 is 11.1 Å². The van der Waals surface area contributed by atoms with Crippen LogP contribution in [0.25, 0.3) is 0 Å². The zero-order valence-electron chi connectivity index (χ0n) is 11.9. The lowest BCUT2D eigenvalue weighted by molar-refractivity contribution is -0.113. The van der Waals surface area contributed by atoms with Gasteiger partial charge in [0.15, 0.2) is 9.84 Å². The fourth-order valence-corrected chi connectivity index (χ4v) is 3.11. The fraction of sp³-hybridized carbons (Fsp3) is 0.500. The second-order valence-corrected chi connectivity index (χ2v) is 7.41. The first kappa shape index (κ1) is 16.7. The van der Waals surface area contributed by atoms with Gasteiger partial charge in [-0.05, 0) is 30.0 Å². The number of amides is 1. The van der Waals surface area contributed by atoms with Crippen molar-refractivity contribution in [3.63, 3.8) is 0 Å². The molecular formula is C14H22N2O3S. The first-order valence-electron chi connectivity index (χ1n) is 6.61. The Balaban J connectivity index is 2.58. The minimum atomic E-state index is -3.35. The molecule has 0 saturated carbocycles. The van der Waals surface area contributed by atoms with Gasteiger partial charge in [-0.25, -0.2) is 8.42 Å². The molecule has 0 heterocycles. The van der Waals surface area contributed by atoms with Crippen molar-refractivity contribution in [2.75, 3.05) is 16.8 Å². The van der Waals surface area contributed by atoms with E-state index in [4.69, 9.17) is 5.73 Å². The highest BCUT2D eigenvalue weighted by Gasteiger charge is 2.17. The average Bonchev–Trinajstić information content (AvgIpc) is 2.36. The Morgan fingerprint density at radius 1 is 1.35 bits per heavy atom. The Hall–Kier alpha value is -1.40. The highest BCUT2D eigenvalue weighted by Crippen LogP contribution is 2.11. The van der Waals surface area contributed by atoms with E-state index < -0.39 is 21.5 Å². The minimum absolute atomic E-state index is 0.0426. The molecule has 1 aromatic carbocycles. The zero-order chi connectivity index (χ0) is 15.2. The molecule has 0 aliphatic carbocycles. The van der Waals surface area contributed by atoms with Crippen molar-refractivity contribution >= 4 is 21.4 Å². The van der Waals surface area contributed by atoms with E-state index in [0.29, 0.717) is 24.6 Å². The molecule has 0 fully saturated rings. The normalized spacial score (nSPS) is 11.6. The maximum atomic E-state index is 11.8. The van der Waals surface area contributed by atoms with Gasteiger partial charge >= 0.3 is 0 Å². The van der Waals surface area contributed by atoms with Crippen molar-refractivity contribution in [1.29, 1.82) is 0 Å². The zero-order valence-corrected chi connectivity index (χ0v) is 12.7. The molecule has 5 nitrogen and oxygen atoms in total. The Morgan fingerprint density at radius 3 is 2.65 bits per heavy atom. The summed E-state index contributed by atoms with van der Waals surface area (Å²) in [6.45, 7) is 4.28. The van der Waals surface area contributed by atoms with Crippen LogP contribution in [-0.4, -0.2) is 25.8 Å². The summed E-state index contributed by atoms with van der Waals surface area (Å²) in [6, 6.07) is 7.05. The van der Waals surface area contributed by atoms with Crippen molar-refractivity contribution in [3.8, 4) is 0 Å². The molecule has 0 aromatic heterocycles. The van der Waals surface area contributed by atoms with Crippen molar-refractivity contribution < 1.29 is 13.2 Å². The van der Waals surface area contributed by atoms with Gasteiger partial charge in [-0.3, -0.25) is 4.79 Å². The molecule has 6 heteroatoms. The summed E-state index contributed by atoms with van der Waals surface area (Å²) >= 11 is 0. The summed E-state index contributed by atoms with van der Waals surface area (Å²) in [5.41, 5.74) is 6.96.